The summed E-state index contributed by atoms with van der Waals surface area (Å²) in [7, 11) is 2.00. The van der Waals surface area contributed by atoms with Gasteiger partial charge in [-0.2, -0.15) is 0 Å². The monoisotopic (exact) mass is 423 g/mol. The van der Waals surface area contributed by atoms with Gasteiger partial charge in [0.2, 0.25) is 0 Å². The number of fused-ring (bicyclic) bond motifs is 1. The van der Waals surface area contributed by atoms with Crippen molar-refractivity contribution in [1.29, 1.82) is 0 Å². The van der Waals surface area contributed by atoms with Crippen molar-refractivity contribution in [2.45, 2.75) is 13.8 Å². The molecule has 0 spiro atoms. The van der Waals surface area contributed by atoms with E-state index in [-0.39, 0.29) is 0 Å². The van der Waals surface area contributed by atoms with Gasteiger partial charge in [0.15, 0.2) is 0 Å². The molecule has 0 N–H and O–H groups in total. The maximum absolute atomic E-state index is 6.24. The lowest BCUT2D eigenvalue weighted by atomic mass is 10.1. The van der Waals surface area contributed by atoms with Crippen molar-refractivity contribution in [3.8, 4) is 0 Å². The highest BCUT2D eigenvalue weighted by Gasteiger charge is 2.12. The highest BCUT2D eigenvalue weighted by molar-refractivity contribution is 14.1. The average molecular weight is 424 g/mol. The summed E-state index contributed by atoms with van der Waals surface area (Å²) in [5.41, 5.74) is 4.43. The summed E-state index contributed by atoms with van der Waals surface area (Å²) >= 11 is 8.47. The number of nitrogens with zero attached hydrogens (tertiary/aromatic N) is 3. The first-order chi connectivity index (χ1) is 10.5. The standard InChI is InChI=1S/C17H15ClIN3/c1-10-6-13-16(7-11(10)2)20-9-21-17(13)22(3)12-4-5-15(19)14(18)8-12/h4-9H,1-3H3. The van der Waals surface area contributed by atoms with Crippen LogP contribution in [0.3, 0.4) is 0 Å². The number of halogens is 2. The molecule has 0 aliphatic rings. The molecule has 112 valence electrons. The van der Waals surface area contributed by atoms with Gasteiger partial charge >= 0.3 is 0 Å². The molecule has 3 nitrogen and oxygen atoms in total. The van der Waals surface area contributed by atoms with E-state index in [1.165, 1.54) is 11.1 Å². The highest BCUT2D eigenvalue weighted by atomic mass is 127. The molecule has 2 aromatic carbocycles. The number of benzene rings is 2. The maximum Gasteiger partial charge on any atom is 0.144 e. The third kappa shape index (κ3) is 2.77. The number of hydrogen-bond acceptors (Lipinski definition) is 3. The van der Waals surface area contributed by atoms with E-state index in [0.717, 1.165) is 31.0 Å². The van der Waals surface area contributed by atoms with Crippen LogP contribution >= 0.6 is 34.2 Å². The van der Waals surface area contributed by atoms with E-state index in [2.05, 4.69) is 58.5 Å². The van der Waals surface area contributed by atoms with Gasteiger partial charge in [0.05, 0.1) is 10.5 Å². The van der Waals surface area contributed by atoms with Gasteiger partial charge in [-0.1, -0.05) is 11.6 Å². The summed E-state index contributed by atoms with van der Waals surface area (Å²) in [6, 6.07) is 10.3. The number of aryl methyl sites for hydroxylation is 2. The molecule has 1 heterocycles. The summed E-state index contributed by atoms with van der Waals surface area (Å²) in [6.45, 7) is 4.20. The molecular formula is C17H15ClIN3. The van der Waals surface area contributed by atoms with Gasteiger partial charge in [0, 0.05) is 21.7 Å². The van der Waals surface area contributed by atoms with E-state index in [9.17, 15) is 0 Å². The van der Waals surface area contributed by atoms with Gasteiger partial charge in [0.25, 0.3) is 0 Å². The molecule has 0 atom stereocenters. The van der Waals surface area contributed by atoms with Gasteiger partial charge in [-0.15, -0.1) is 0 Å². The topological polar surface area (TPSA) is 29.0 Å². The van der Waals surface area contributed by atoms with Crippen molar-refractivity contribution in [3.63, 3.8) is 0 Å². The first-order valence-corrected chi connectivity index (χ1v) is 8.34. The summed E-state index contributed by atoms with van der Waals surface area (Å²) < 4.78 is 1.04. The van der Waals surface area contributed by atoms with Crippen molar-refractivity contribution in [2.24, 2.45) is 0 Å². The van der Waals surface area contributed by atoms with Crippen LogP contribution in [0.2, 0.25) is 5.02 Å². The first kappa shape index (κ1) is 15.5. The smallest absolute Gasteiger partial charge is 0.144 e. The molecule has 22 heavy (non-hydrogen) atoms. The van der Waals surface area contributed by atoms with Gasteiger partial charge in [-0.05, 0) is 77.9 Å². The van der Waals surface area contributed by atoms with E-state index in [4.69, 9.17) is 11.6 Å². The van der Waals surface area contributed by atoms with Crippen LogP contribution < -0.4 is 4.90 Å². The fourth-order valence-electron chi connectivity index (χ4n) is 2.39. The summed E-state index contributed by atoms with van der Waals surface area (Å²) in [6.07, 6.45) is 1.61. The van der Waals surface area contributed by atoms with Crippen LogP contribution in [0.4, 0.5) is 11.5 Å². The van der Waals surface area contributed by atoms with Crippen molar-refractivity contribution in [2.75, 3.05) is 11.9 Å². The number of hydrogen-bond donors (Lipinski definition) is 0. The number of anilines is 2. The Balaban J connectivity index is 2.16. The fraction of sp³-hybridized carbons (Fsp3) is 0.176. The Kier molecular flexibility index (Phi) is 4.23. The minimum atomic E-state index is 0.746. The van der Waals surface area contributed by atoms with Crippen molar-refractivity contribution in [1.82, 2.24) is 9.97 Å². The zero-order chi connectivity index (χ0) is 15.9. The van der Waals surface area contributed by atoms with Gasteiger partial charge in [0.1, 0.15) is 12.1 Å². The second-order valence-corrected chi connectivity index (χ2v) is 6.88. The highest BCUT2D eigenvalue weighted by Crippen LogP contribution is 2.32. The largest absolute Gasteiger partial charge is 0.329 e. The average Bonchev–Trinajstić information content (AvgIpc) is 2.50. The molecule has 0 aliphatic heterocycles. The summed E-state index contributed by atoms with van der Waals surface area (Å²) in [4.78, 5) is 10.9. The predicted octanol–water partition coefficient (Wildman–Crippen LogP) is 5.27. The van der Waals surface area contributed by atoms with E-state index in [1.807, 2.05) is 30.1 Å². The molecule has 0 bridgehead atoms. The molecule has 0 saturated heterocycles. The van der Waals surface area contributed by atoms with Crippen LogP contribution in [0.15, 0.2) is 36.7 Å². The van der Waals surface area contributed by atoms with Crippen LogP contribution in [-0.2, 0) is 0 Å². The van der Waals surface area contributed by atoms with Crippen molar-refractivity contribution >= 4 is 56.6 Å². The Labute approximate surface area is 148 Å². The van der Waals surface area contributed by atoms with Crippen molar-refractivity contribution < 1.29 is 0 Å². The SMILES string of the molecule is Cc1cc2ncnc(N(C)c3ccc(I)c(Cl)c3)c2cc1C. The minimum Gasteiger partial charge on any atom is -0.329 e. The lowest BCUT2D eigenvalue weighted by Crippen LogP contribution is -2.12. The second kappa shape index (κ2) is 6.01. The zero-order valence-corrected chi connectivity index (χ0v) is 15.5. The minimum absolute atomic E-state index is 0.746. The van der Waals surface area contributed by atoms with Gasteiger partial charge in [-0.25, -0.2) is 9.97 Å². The Morgan fingerprint density at radius 3 is 2.50 bits per heavy atom. The third-order valence-corrected chi connectivity index (χ3v) is 5.41. The molecule has 0 saturated carbocycles. The lowest BCUT2D eigenvalue weighted by Gasteiger charge is -2.20. The van der Waals surface area contributed by atoms with E-state index < -0.39 is 0 Å². The van der Waals surface area contributed by atoms with E-state index >= 15 is 0 Å². The second-order valence-electron chi connectivity index (χ2n) is 5.31. The Morgan fingerprint density at radius 1 is 1.05 bits per heavy atom. The molecule has 0 amide bonds. The molecule has 0 radical (unpaired) electrons. The molecule has 5 heteroatoms. The lowest BCUT2D eigenvalue weighted by molar-refractivity contribution is 1.11. The first-order valence-electron chi connectivity index (χ1n) is 6.88. The zero-order valence-electron chi connectivity index (χ0n) is 12.6. The molecule has 3 rings (SSSR count). The van der Waals surface area contributed by atoms with Gasteiger partial charge in [-0.3, -0.25) is 0 Å². The van der Waals surface area contributed by atoms with E-state index in [1.54, 1.807) is 6.33 Å². The quantitative estimate of drug-likeness (QED) is 0.526. The Hall–Kier alpha value is -1.40. The number of aromatic nitrogens is 2. The third-order valence-electron chi connectivity index (χ3n) is 3.84. The van der Waals surface area contributed by atoms with Crippen LogP contribution in [0.1, 0.15) is 11.1 Å². The van der Waals surface area contributed by atoms with E-state index in [0.29, 0.717) is 0 Å². The summed E-state index contributed by atoms with van der Waals surface area (Å²) in [5, 5.41) is 1.79. The number of rotatable bonds is 2. The van der Waals surface area contributed by atoms with Crippen LogP contribution in [0, 0.1) is 17.4 Å². The molecule has 0 aliphatic carbocycles. The molecule has 0 fully saturated rings. The van der Waals surface area contributed by atoms with Crippen LogP contribution in [0.5, 0.6) is 0 Å². The maximum atomic E-state index is 6.24. The Morgan fingerprint density at radius 2 is 1.77 bits per heavy atom. The molecular weight excluding hydrogens is 409 g/mol. The van der Waals surface area contributed by atoms with Crippen LogP contribution in [-0.4, -0.2) is 17.0 Å². The summed E-state index contributed by atoms with van der Waals surface area (Å²) in [5.74, 6) is 0.880. The molecule has 0 unspecified atom stereocenters. The Bertz CT molecular complexity index is 864. The van der Waals surface area contributed by atoms with Gasteiger partial charge < -0.3 is 4.90 Å². The van der Waals surface area contributed by atoms with Crippen molar-refractivity contribution in [3.05, 3.63) is 56.4 Å². The predicted molar refractivity (Wildman–Crippen MR) is 101 cm³/mol. The molecule has 1 aromatic heterocycles. The fourth-order valence-corrected chi connectivity index (χ4v) is 2.90. The molecule has 3 aromatic rings. The van der Waals surface area contributed by atoms with Crippen LogP contribution in [0.25, 0.3) is 10.9 Å². The normalized spacial score (nSPS) is 11.0.